The van der Waals surface area contributed by atoms with Gasteiger partial charge in [-0.05, 0) is 49.8 Å². The Labute approximate surface area is 184 Å². The van der Waals surface area contributed by atoms with Crippen LogP contribution >= 0.6 is 0 Å². The molecule has 0 spiro atoms. The Bertz CT molecular complexity index is 772. The quantitative estimate of drug-likeness (QED) is 0.642. The molecule has 1 aliphatic heterocycles. The zero-order chi connectivity index (χ0) is 21.7. The number of ether oxygens (including phenoxy) is 1. The summed E-state index contributed by atoms with van der Waals surface area (Å²) in [5, 5.41) is 0. The van der Waals surface area contributed by atoms with Crippen molar-refractivity contribution in [2.75, 3.05) is 39.3 Å². The molecule has 1 heterocycles. The first-order valence-corrected chi connectivity index (χ1v) is 12.0. The Morgan fingerprint density at radius 2 is 1.77 bits per heavy atom. The summed E-state index contributed by atoms with van der Waals surface area (Å²) in [6, 6.07) is 6.42. The molecule has 0 radical (unpaired) electrons. The number of nitrogens with zero attached hydrogens (tertiary/aromatic N) is 2. The van der Waals surface area contributed by atoms with Gasteiger partial charge < -0.3 is 9.64 Å². The van der Waals surface area contributed by atoms with Crippen LogP contribution in [0.25, 0.3) is 0 Å². The van der Waals surface area contributed by atoms with Crippen molar-refractivity contribution in [2.45, 2.75) is 63.2 Å². The molecule has 0 atom stereocenters. The third kappa shape index (κ3) is 5.11. The van der Waals surface area contributed by atoms with Crippen LogP contribution in [0.1, 0.15) is 63.4 Å². The molecule has 5 nitrogen and oxygen atoms in total. The zero-order valence-electron chi connectivity index (χ0n) is 18.5. The van der Waals surface area contributed by atoms with Crippen molar-refractivity contribution in [3.8, 4) is 0 Å². The third-order valence-corrected chi connectivity index (χ3v) is 7.47. The molecule has 0 aromatic heterocycles. The van der Waals surface area contributed by atoms with E-state index in [1.165, 1.54) is 25.0 Å². The third-order valence-electron chi connectivity index (χ3n) is 7.47. The fourth-order valence-electron chi connectivity index (χ4n) is 5.63. The van der Waals surface area contributed by atoms with Crippen molar-refractivity contribution in [3.05, 3.63) is 35.6 Å². The Balaban J connectivity index is 1.27. The monoisotopic (exact) mass is 430 g/mol. The lowest BCUT2D eigenvalue weighted by atomic mass is 9.79. The Morgan fingerprint density at radius 3 is 2.52 bits per heavy atom. The van der Waals surface area contributed by atoms with E-state index in [1.54, 1.807) is 6.07 Å². The molecule has 1 aromatic carbocycles. The molecule has 0 unspecified atom stereocenters. The van der Waals surface area contributed by atoms with Crippen molar-refractivity contribution in [1.82, 2.24) is 9.80 Å². The first-order valence-electron chi connectivity index (χ1n) is 12.0. The lowest BCUT2D eigenvalue weighted by molar-refractivity contribution is -0.151. The van der Waals surface area contributed by atoms with E-state index in [0.29, 0.717) is 19.1 Å². The molecule has 0 bridgehead atoms. The molecule has 3 aliphatic rings. The molecule has 170 valence electrons. The van der Waals surface area contributed by atoms with Gasteiger partial charge in [-0.1, -0.05) is 37.8 Å². The summed E-state index contributed by atoms with van der Waals surface area (Å²) in [4.78, 5) is 30.1. The van der Waals surface area contributed by atoms with Crippen molar-refractivity contribution in [2.24, 2.45) is 5.92 Å². The van der Waals surface area contributed by atoms with Crippen LogP contribution in [0.4, 0.5) is 4.39 Å². The van der Waals surface area contributed by atoms with Crippen LogP contribution in [-0.2, 0) is 19.7 Å². The van der Waals surface area contributed by atoms with Crippen molar-refractivity contribution in [1.29, 1.82) is 0 Å². The standard InChI is InChI=1S/C25H35FN2O3/c26-22-10-5-9-21(19-22)25(11-3-4-12-25)24(30)31-18-17-27-13-6-14-28(16-15-27)23(29)20-7-1-2-8-20/h5,9-10,19-20H,1-4,6-8,11-18H2. The number of hydrogen-bond acceptors (Lipinski definition) is 4. The van der Waals surface area contributed by atoms with E-state index < -0.39 is 5.41 Å². The highest BCUT2D eigenvalue weighted by Gasteiger charge is 2.44. The molecule has 1 saturated heterocycles. The average Bonchev–Trinajstić information content (AvgIpc) is 3.43. The summed E-state index contributed by atoms with van der Waals surface area (Å²) >= 11 is 0. The Hall–Kier alpha value is -1.95. The van der Waals surface area contributed by atoms with E-state index in [1.807, 2.05) is 11.0 Å². The SMILES string of the molecule is O=C(C1CCCC1)N1CCCN(CCOC(=O)C2(c3cccc(F)c3)CCCC2)CC1. The van der Waals surface area contributed by atoms with E-state index in [0.717, 1.165) is 76.7 Å². The molecule has 1 aromatic rings. The van der Waals surface area contributed by atoms with E-state index >= 15 is 0 Å². The normalized spacial score (nSPS) is 22.4. The van der Waals surface area contributed by atoms with E-state index in [-0.39, 0.29) is 17.7 Å². The Morgan fingerprint density at radius 1 is 1.00 bits per heavy atom. The number of carbonyl (C=O) groups is 2. The van der Waals surface area contributed by atoms with Gasteiger partial charge in [-0.25, -0.2) is 4.39 Å². The summed E-state index contributed by atoms with van der Waals surface area (Å²) < 4.78 is 19.5. The zero-order valence-corrected chi connectivity index (χ0v) is 18.5. The molecular weight excluding hydrogens is 395 g/mol. The number of rotatable bonds is 6. The molecule has 31 heavy (non-hydrogen) atoms. The molecule has 3 fully saturated rings. The average molecular weight is 431 g/mol. The predicted molar refractivity (Wildman–Crippen MR) is 117 cm³/mol. The number of halogens is 1. The van der Waals surface area contributed by atoms with E-state index in [2.05, 4.69) is 4.90 Å². The molecule has 2 aliphatic carbocycles. The Kier molecular flexibility index (Phi) is 7.26. The maximum atomic E-state index is 13.8. The molecule has 6 heteroatoms. The minimum absolute atomic E-state index is 0.219. The van der Waals surface area contributed by atoms with Crippen LogP contribution in [-0.4, -0.2) is 61.0 Å². The molecule has 0 N–H and O–H groups in total. The second kappa shape index (κ2) is 10.1. The number of hydrogen-bond donors (Lipinski definition) is 0. The highest BCUT2D eigenvalue weighted by atomic mass is 19.1. The second-order valence-electron chi connectivity index (χ2n) is 9.44. The maximum absolute atomic E-state index is 13.8. The van der Waals surface area contributed by atoms with Gasteiger partial charge >= 0.3 is 5.97 Å². The molecule has 4 rings (SSSR count). The highest BCUT2D eigenvalue weighted by molar-refractivity contribution is 5.83. The summed E-state index contributed by atoms with van der Waals surface area (Å²) in [6.45, 7) is 4.35. The van der Waals surface area contributed by atoms with Crippen LogP contribution in [0.5, 0.6) is 0 Å². The fourth-order valence-corrected chi connectivity index (χ4v) is 5.63. The highest BCUT2D eigenvalue weighted by Crippen LogP contribution is 2.42. The van der Waals surface area contributed by atoms with E-state index in [4.69, 9.17) is 4.74 Å². The van der Waals surface area contributed by atoms with Crippen LogP contribution in [0.15, 0.2) is 24.3 Å². The summed E-state index contributed by atoms with van der Waals surface area (Å²) in [6.07, 6.45) is 8.77. The molecular formula is C25H35FN2O3. The molecule has 1 amide bonds. The van der Waals surface area contributed by atoms with Gasteiger partial charge in [0.1, 0.15) is 12.4 Å². The van der Waals surface area contributed by atoms with Crippen LogP contribution < -0.4 is 0 Å². The number of carbonyl (C=O) groups excluding carboxylic acids is 2. The van der Waals surface area contributed by atoms with Gasteiger partial charge in [0.15, 0.2) is 0 Å². The van der Waals surface area contributed by atoms with Gasteiger partial charge in [0.2, 0.25) is 5.91 Å². The lowest BCUT2D eigenvalue weighted by Gasteiger charge is -2.28. The lowest BCUT2D eigenvalue weighted by Crippen LogP contribution is -2.39. The van der Waals surface area contributed by atoms with Crippen LogP contribution in [0, 0.1) is 11.7 Å². The van der Waals surface area contributed by atoms with Crippen molar-refractivity contribution < 1.29 is 18.7 Å². The van der Waals surface area contributed by atoms with Gasteiger partial charge in [-0.2, -0.15) is 0 Å². The summed E-state index contributed by atoms with van der Waals surface area (Å²) in [5.74, 6) is 0.0447. The first-order chi connectivity index (χ1) is 15.1. The van der Waals surface area contributed by atoms with Crippen LogP contribution in [0.2, 0.25) is 0 Å². The smallest absolute Gasteiger partial charge is 0.316 e. The van der Waals surface area contributed by atoms with Crippen molar-refractivity contribution >= 4 is 11.9 Å². The number of benzene rings is 1. The topological polar surface area (TPSA) is 49.9 Å². The molecule has 2 saturated carbocycles. The van der Waals surface area contributed by atoms with Gasteiger partial charge in [-0.3, -0.25) is 14.5 Å². The first kappa shape index (κ1) is 22.3. The van der Waals surface area contributed by atoms with Crippen LogP contribution in [0.3, 0.4) is 0 Å². The van der Waals surface area contributed by atoms with Gasteiger partial charge in [0.25, 0.3) is 0 Å². The minimum Gasteiger partial charge on any atom is -0.464 e. The second-order valence-corrected chi connectivity index (χ2v) is 9.44. The number of esters is 1. The van der Waals surface area contributed by atoms with E-state index in [9.17, 15) is 14.0 Å². The van der Waals surface area contributed by atoms with Gasteiger partial charge in [-0.15, -0.1) is 0 Å². The van der Waals surface area contributed by atoms with Crippen molar-refractivity contribution in [3.63, 3.8) is 0 Å². The van der Waals surface area contributed by atoms with Gasteiger partial charge in [0.05, 0.1) is 5.41 Å². The summed E-state index contributed by atoms with van der Waals surface area (Å²) in [7, 11) is 0. The number of amides is 1. The summed E-state index contributed by atoms with van der Waals surface area (Å²) in [5.41, 5.74) is 0.0385. The van der Waals surface area contributed by atoms with Gasteiger partial charge in [0, 0.05) is 38.6 Å². The largest absolute Gasteiger partial charge is 0.464 e. The minimum atomic E-state index is -0.703. The maximum Gasteiger partial charge on any atom is 0.316 e. The predicted octanol–water partition coefficient (Wildman–Crippen LogP) is 3.91. The fraction of sp³-hybridized carbons (Fsp3) is 0.680.